The first-order chi connectivity index (χ1) is 8.61. The van der Waals surface area contributed by atoms with Gasteiger partial charge in [-0.05, 0) is 34.8 Å². The molecule has 2 unspecified atom stereocenters. The highest BCUT2D eigenvalue weighted by atomic mass is 79.9. The van der Waals surface area contributed by atoms with Crippen molar-refractivity contribution in [2.75, 3.05) is 13.7 Å². The largest absolute Gasteiger partial charge is 0.496 e. The van der Waals surface area contributed by atoms with Crippen LogP contribution in [0.5, 0.6) is 5.75 Å². The summed E-state index contributed by atoms with van der Waals surface area (Å²) in [4.78, 5) is 0. The molecule has 18 heavy (non-hydrogen) atoms. The first-order valence-electron chi connectivity index (χ1n) is 5.94. The maximum atomic E-state index is 13.4. The van der Waals surface area contributed by atoms with Crippen LogP contribution < -0.4 is 4.74 Å². The van der Waals surface area contributed by atoms with Gasteiger partial charge in [-0.3, -0.25) is 0 Å². The summed E-state index contributed by atoms with van der Waals surface area (Å²) in [6.45, 7) is 0.752. The number of hydrogen-bond acceptors (Lipinski definition) is 3. The van der Waals surface area contributed by atoms with Crippen LogP contribution in [-0.4, -0.2) is 24.9 Å². The first-order valence-corrected chi connectivity index (χ1v) is 6.73. The minimum Gasteiger partial charge on any atom is -0.496 e. The van der Waals surface area contributed by atoms with E-state index in [1.165, 1.54) is 13.2 Å². The second-order valence-corrected chi connectivity index (χ2v) is 5.25. The van der Waals surface area contributed by atoms with Crippen LogP contribution in [-0.2, 0) is 4.74 Å². The molecule has 3 nitrogen and oxygen atoms in total. The molecular weight excluding hydrogens is 303 g/mol. The molecule has 1 aliphatic rings. The SMILES string of the molecule is COc1cc(F)c(Br)cc1C(O)CC1CCCO1. The molecule has 0 spiro atoms. The van der Waals surface area contributed by atoms with Crippen LogP contribution in [0.4, 0.5) is 4.39 Å². The van der Waals surface area contributed by atoms with Crippen LogP contribution in [0.1, 0.15) is 30.9 Å². The molecule has 0 aliphatic carbocycles. The molecule has 1 saturated heterocycles. The average molecular weight is 319 g/mol. The summed E-state index contributed by atoms with van der Waals surface area (Å²) in [6, 6.07) is 2.84. The van der Waals surface area contributed by atoms with Gasteiger partial charge in [0.15, 0.2) is 0 Å². The van der Waals surface area contributed by atoms with E-state index < -0.39 is 11.9 Å². The summed E-state index contributed by atoms with van der Waals surface area (Å²) in [7, 11) is 1.46. The summed E-state index contributed by atoms with van der Waals surface area (Å²) >= 11 is 3.12. The zero-order chi connectivity index (χ0) is 13.1. The van der Waals surface area contributed by atoms with Gasteiger partial charge in [-0.2, -0.15) is 0 Å². The third-order valence-corrected chi connectivity index (χ3v) is 3.75. The van der Waals surface area contributed by atoms with E-state index in [1.54, 1.807) is 6.07 Å². The predicted octanol–water partition coefficient (Wildman–Crippen LogP) is 3.20. The fraction of sp³-hybridized carbons (Fsp3) is 0.538. The van der Waals surface area contributed by atoms with Crippen molar-refractivity contribution >= 4 is 15.9 Å². The standard InChI is InChI=1S/C13H16BrFO3/c1-17-13-7-11(15)10(14)6-9(13)12(16)5-8-3-2-4-18-8/h6-8,12,16H,2-5H2,1H3. The van der Waals surface area contributed by atoms with Gasteiger partial charge < -0.3 is 14.6 Å². The van der Waals surface area contributed by atoms with Crippen LogP contribution in [0.15, 0.2) is 16.6 Å². The Labute approximate surface area is 114 Å². The van der Waals surface area contributed by atoms with E-state index in [2.05, 4.69) is 15.9 Å². The third-order valence-electron chi connectivity index (χ3n) is 3.14. The minimum atomic E-state index is -0.708. The summed E-state index contributed by atoms with van der Waals surface area (Å²) in [6.07, 6.45) is 1.87. The van der Waals surface area contributed by atoms with Gasteiger partial charge in [0.2, 0.25) is 0 Å². The van der Waals surface area contributed by atoms with Crippen molar-refractivity contribution < 1.29 is 19.0 Å². The lowest BCUT2D eigenvalue weighted by molar-refractivity contribution is 0.0525. The number of ether oxygens (including phenoxy) is 2. The third kappa shape index (κ3) is 3.02. The van der Waals surface area contributed by atoms with Crippen molar-refractivity contribution in [2.24, 2.45) is 0 Å². The van der Waals surface area contributed by atoms with Crippen molar-refractivity contribution in [3.8, 4) is 5.75 Å². The zero-order valence-electron chi connectivity index (χ0n) is 10.2. The highest BCUT2D eigenvalue weighted by Crippen LogP contribution is 2.34. The molecule has 0 bridgehead atoms. The van der Waals surface area contributed by atoms with Gasteiger partial charge in [0.25, 0.3) is 0 Å². The van der Waals surface area contributed by atoms with Crippen molar-refractivity contribution in [3.05, 3.63) is 28.0 Å². The maximum Gasteiger partial charge on any atom is 0.141 e. The molecule has 1 aliphatic heterocycles. The number of halogens is 2. The lowest BCUT2D eigenvalue weighted by Crippen LogP contribution is -2.12. The number of methoxy groups -OCH3 is 1. The van der Waals surface area contributed by atoms with Crippen LogP contribution >= 0.6 is 15.9 Å². The highest BCUT2D eigenvalue weighted by molar-refractivity contribution is 9.10. The number of rotatable bonds is 4. The lowest BCUT2D eigenvalue weighted by atomic mass is 10.0. The monoisotopic (exact) mass is 318 g/mol. The summed E-state index contributed by atoms with van der Waals surface area (Å²) < 4.78 is 24.3. The average Bonchev–Trinajstić information content (AvgIpc) is 2.84. The van der Waals surface area contributed by atoms with Crippen molar-refractivity contribution in [3.63, 3.8) is 0 Å². The Bertz CT molecular complexity index is 419. The van der Waals surface area contributed by atoms with E-state index in [0.717, 1.165) is 19.4 Å². The van der Waals surface area contributed by atoms with Gasteiger partial charge in [-0.15, -0.1) is 0 Å². The predicted molar refractivity (Wildman–Crippen MR) is 69.2 cm³/mol. The number of aliphatic hydroxyl groups is 1. The number of aliphatic hydroxyl groups excluding tert-OH is 1. The van der Waals surface area contributed by atoms with E-state index in [9.17, 15) is 9.50 Å². The van der Waals surface area contributed by atoms with E-state index >= 15 is 0 Å². The topological polar surface area (TPSA) is 38.7 Å². The Morgan fingerprint density at radius 2 is 2.39 bits per heavy atom. The van der Waals surface area contributed by atoms with Crippen molar-refractivity contribution in [1.82, 2.24) is 0 Å². The highest BCUT2D eigenvalue weighted by Gasteiger charge is 2.23. The summed E-state index contributed by atoms with van der Waals surface area (Å²) in [5.41, 5.74) is 0.585. The molecule has 1 heterocycles. The van der Waals surface area contributed by atoms with Gasteiger partial charge >= 0.3 is 0 Å². The summed E-state index contributed by atoms with van der Waals surface area (Å²) in [5, 5.41) is 10.2. The number of hydrogen-bond donors (Lipinski definition) is 1. The zero-order valence-corrected chi connectivity index (χ0v) is 11.7. The Morgan fingerprint density at radius 1 is 1.61 bits per heavy atom. The van der Waals surface area contributed by atoms with Crippen molar-refractivity contribution in [1.29, 1.82) is 0 Å². The second kappa shape index (κ2) is 5.99. The van der Waals surface area contributed by atoms with Gasteiger partial charge in [-0.25, -0.2) is 4.39 Å². The lowest BCUT2D eigenvalue weighted by Gasteiger charge is -2.18. The smallest absolute Gasteiger partial charge is 0.141 e. The molecule has 100 valence electrons. The van der Waals surface area contributed by atoms with Gasteiger partial charge in [0.1, 0.15) is 11.6 Å². The molecular formula is C13H16BrFO3. The molecule has 1 fully saturated rings. The fourth-order valence-corrected chi connectivity index (χ4v) is 2.55. The molecule has 1 aromatic rings. The molecule has 5 heteroatoms. The van der Waals surface area contributed by atoms with Crippen LogP contribution in [0.3, 0.4) is 0 Å². The molecule has 2 rings (SSSR count). The van der Waals surface area contributed by atoms with E-state index in [0.29, 0.717) is 22.2 Å². The van der Waals surface area contributed by atoms with E-state index in [4.69, 9.17) is 9.47 Å². The fourth-order valence-electron chi connectivity index (χ4n) is 2.19. The first kappa shape index (κ1) is 13.8. The normalized spacial score (nSPS) is 21.0. The quantitative estimate of drug-likeness (QED) is 0.926. The maximum absolute atomic E-state index is 13.4. The van der Waals surface area contributed by atoms with E-state index in [-0.39, 0.29) is 6.10 Å². The second-order valence-electron chi connectivity index (χ2n) is 4.39. The van der Waals surface area contributed by atoms with Gasteiger partial charge in [0, 0.05) is 24.7 Å². The molecule has 0 saturated carbocycles. The van der Waals surface area contributed by atoms with Crippen LogP contribution in [0.25, 0.3) is 0 Å². The van der Waals surface area contributed by atoms with E-state index in [1.807, 2.05) is 0 Å². The van der Waals surface area contributed by atoms with Crippen molar-refractivity contribution in [2.45, 2.75) is 31.5 Å². The molecule has 1 aromatic carbocycles. The Kier molecular flexibility index (Phi) is 4.59. The summed E-state index contributed by atoms with van der Waals surface area (Å²) in [5.74, 6) is -0.0406. The molecule has 0 radical (unpaired) electrons. The molecule has 1 N–H and O–H groups in total. The Balaban J connectivity index is 2.17. The molecule has 0 amide bonds. The minimum absolute atomic E-state index is 0.0773. The van der Waals surface area contributed by atoms with Crippen LogP contribution in [0, 0.1) is 5.82 Å². The Morgan fingerprint density at radius 3 is 3.00 bits per heavy atom. The van der Waals surface area contributed by atoms with Gasteiger partial charge in [0.05, 0.1) is 23.8 Å². The molecule has 2 atom stereocenters. The molecule has 0 aromatic heterocycles. The number of benzene rings is 1. The Hall–Kier alpha value is -0.650. The van der Waals surface area contributed by atoms with Gasteiger partial charge in [-0.1, -0.05) is 0 Å². The van der Waals surface area contributed by atoms with Crippen LogP contribution in [0.2, 0.25) is 0 Å².